The van der Waals surface area contributed by atoms with Gasteiger partial charge in [-0.25, -0.2) is 14.5 Å². The van der Waals surface area contributed by atoms with E-state index in [1.54, 1.807) is 35.1 Å². The van der Waals surface area contributed by atoms with Crippen LogP contribution in [0.15, 0.2) is 30.5 Å². The highest BCUT2D eigenvalue weighted by Crippen LogP contribution is 2.25. The van der Waals surface area contributed by atoms with Crippen LogP contribution >= 0.6 is 0 Å². The Bertz CT molecular complexity index is 1200. The third-order valence-electron chi connectivity index (χ3n) is 5.89. The average Bonchev–Trinajstić information content (AvgIpc) is 3.58. The molecule has 0 aromatic carbocycles. The fraction of sp³-hybridized carbons (Fsp3) is 0.409. The molecule has 1 fully saturated rings. The number of pyridine rings is 2. The second-order valence-electron chi connectivity index (χ2n) is 8.57. The minimum Gasteiger partial charge on any atom is -0.325 e. The van der Waals surface area contributed by atoms with Crippen molar-refractivity contribution in [1.29, 1.82) is 0 Å². The average molecular weight is 448 g/mol. The molecule has 3 aromatic heterocycles. The van der Waals surface area contributed by atoms with Crippen LogP contribution in [0, 0.1) is 0 Å². The summed E-state index contributed by atoms with van der Waals surface area (Å²) in [7, 11) is 0. The van der Waals surface area contributed by atoms with Gasteiger partial charge in [0.2, 0.25) is 5.82 Å². The van der Waals surface area contributed by atoms with E-state index in [1.807, 2.05) is 23.6 Å². The summed E-state index contributed by atoms with van der Waals surface area (Å²) < 4.78 is 1.67. The van der Waals surface area contributed by atoms with Crippen LogP contribution in [-0.2, 0) is 13.1 Å². The molecule has 1 saturated heterocycles. The molecule has 0 saturated carbocycles. The van der Waals surface area contributed by atoms with Crippen LogP contribution in [0.4, 0.5) is 10.6 Å². The van der Waals surface area contributed by atoms with Crippen LogP contribution in [0.5, 0.6) is 0 Å². The van der Waals surface area contributed by atoms with Gasteiger partial charge in [-0.3, -0.25) is 9.78 Å². The van der Waals surface area contributed by atoms with Gasteiger partial charge >= 0.3 is 6.03 Å². The minimum absolute atomic E-state index is 0.0551. The second kappa shape index (κ2) is 8.57. The zero-order chi connectivity index (χ0) is 22.9. The Kier molecular flexibility index (Phi) is 5.45. The Hall–Kier alpha value is -3.89. The summed E-state index contributed by atoms with van der Waals surface area (Å²) in [5.74, 6) is 0.540. The van der Waals surface area contributed by atoms with Gasteiger partial charge in [-0.05, 0) is 66.4 Å². The molecule has 11 heteroatoms. The molecular formula is C22H25N9O2. The molecule has 3 aromatic rings. The molecule has 0 spiro atoms. The van der Waals surface area contributed by atoms with Crippen LogP contribution in [0.25, 0.3) is 11.5 Å². The molecule has 5 rings (SSSR count). The zero-order valence-electron chi connectivity index (χ0n) is 18.6. The first kappa shape index (κ1) is 21.0. The summed E-state index contributed by atoms with van der Waals surface area (Å²) >= 11 is 0. The van der Waals surface area contributed by atoms with E-state index in [0.717, 1.165) is 37.1 Å². The lowest BCUT2D eigenvalue weighted by Crippen LogP contribution is -2.38. The maximum atomic E-state index is 12.9. The van der Waals surface area contributed by atoms with Gasteiger partial charge in [-0.1, -0.05) is 6.07 Å². The summed E-state index contributed by atoms with van der Waals surface area (Å²) in [5.41, 5.74) is 2.76. The highest BCUT2D eigenvalue weighted by atomic mass is 16.2. The van der Waals surface area contributed by atoms with Crippen LogP contribution in [-0.4, -0.2) is 65.0 Å². The first-order valence-electron chi connectivity index (χ1n) is 11.1. The molecule has 0 atom stereocenters. The predicted molar refractivity (Wildman–Crippen MR) is 119 cm³/mol. The van der Waals surface area contributed by atoms with E-state index in [4.69, 9.17) is 0 Å². The fourth-order valence-corrected chi connectivity index (χ4v) is 4.17. The van der Waals surface area contributed by atoms with Crippen molar-refractivity contribution in [3.63, 3.8) is 0 Å². The number of carbonyl (C=O) groups is 2. The standard InChI is InChI=1S/C22H25N9O2/c1-14(2)31-20(26-27-28-31)17-6-5-7-19(24-17)25-21(32)18-10-15-12-30(13-16(15)11-23-18)22(33)29-8-3-4-9-29/h5-7,10-11,14H,3-4,8-9,12-13H2,1-2H3,(H,24,25,32). The van der Waals surface area contributed by atoms with Crippen molar-refractivity contribution in [2.24, 2.45) is 0 Å². The topological polar surface area (TPSA) is 122 Å². The summed E-state index contributed by atoms with van der Waals surface area (Å²) in [4.78, 5) is 38.1. The lowest BCUT2D eigenvalue weighted by atomic mass is 10.1. The van der Waals surface area contributed by atoms with E-state index in [9.17, 15) is 9.59 Å². The zero-order valence-corrected chi connectivity index (χ0v) is 18.6. The maximum Gasteiger partial charge on any atom is 0.320 e. The number of rotatable bonds is 4. The van der Waals surface area contributed by atoms with Crippen molar-refractivity contribution in [2.75, 3.05) is 18.4 Å². The number of tetrazole rings is 1. The Morgan fingerprint density at radius 1 is 1.06 bits per heavy atom. The van der Waals surface area contributed by atoms with Crippen LogP contribution in [0.2, 0.25) is 0 Å². The number of aromatic nitrogens is 6. The van der Waals surface area contributed by atoms with E-state index >= 15 is 0 Å². The fourth-order valence-electron chi connectivity index (χ4n) is 4.17. The smallest absolute Gasteiger partial charge is 0.320 e. The van der Waals surface area contributed by atoms with Crippen LogP contribution < -0.4 is 5.32 Å². The van der Waals surface area contributed by atoms with Crippen molar-refractivity contribution >= 4 is 17.8 Å². The molecule has 1 N–H and O–H groups in total. The molecule has 33 heavy (non-hydrogen) atoms. The maximum absolute atomic E-state index is 12.9. The Balaban J connectivity index is 1.29. The number of likely N-dealkylation sites (tertiary alicyclic amines) is 1. The number of nitrogens with zero attached hydrogens (tertiary/aromatic N) is 8. The number of anilines is 1. The number of carbonyl (C=O) groups excluding carboxylic acids is 2. The van der Waals surface area contributed by atoms with Gasteiger partial charge < -0.3 is 15.1 Å². The molecule has 2 aliphatic rings. The molecule has 11 nitrogen and oxygen atoms in total. The number of amides is 3. The van der Waals surface area contributed by atoms with E-state index < -0.39 is 0 Å². The van der Waals surface area contributed by atoms with E-state index in [-0.39, 0.29) is 23.7 Å². The number of fused-ring (bicyclic) bond motifs is 1. The van der Waals surface area contributed by atoms with Crippen LogP contribution in [0.3, 0.4) is 0 Å². The molecule has 170 valence electrons. The number of hydrogen-bond acceptors (Lipinski definition) is 7. The van der Waals surface area contributed by atoms with Gasteiger partial charge in [0.15, 0.2) is 0 Å². The number of hydrogen-bond donors (Lipinski definition) is 1. The molecule has 3 amide bonds. The number of nitrogens with one attached hydrogen (secondary N) is 1. The lowest BCUT2D eigenvalue weighted by Gasteiger charge is -2.23. The summed E-state index contributed by atoms with van der Waals surface area (Å²) in [5, 5.41) is 14.6. The molecule has 0 radical (unpaired) electrons. The van der Waals surface area contributed by atoms with Gasteiger partial charge in [0.05, 0.1) is 6.04 Å². The van der Waals surface area contributed by atoms with Crippen molar-refractivity contribution in [3.8, 4) is 11.5 Å². The minimum atomic E-state index is -0.366. The first-order chi connectivity index (χ1) is 16.0. The van der Waals surface area contributed by atoms with E-state index in [2.05, 4.69) is 30.8 Å². The van der Waals surface area contributed by atoms with Gasteiger partial charge in [-0.2, -0.15) is 0 Å². The van der Waals surface area contributed by atoms with Crippen LogP contribution in [0.1, 0.15) is 54.3 Å². The Labute approximate surface area is 190 Å². The van der Waals surface area contributed by atoms with Crippen molar-refractivity contribution < 1.29 is 9.59 Å². The largest absolute Gasteiger partial charge is 0.325 e. The molecule has 0 aliphatic carbocycles. The summed E-state index contributed by atoms with van der Waals surface area (Å²) in [6, 6.07) is 7.16. The quantitative estimate of drug-likeness (QED) is 0.652. The Morgan fingerprint density at radius 3 is 2.64 bits per heavy atom. The summed E-state index contributed by atoms with van der Waals surface area (Å²) in [6.45, 7) is 6.59. The third kappa shape index (κ3) is 4.13. The molecule has 2 aliphatic heterocycles. The van der Waals surface area contributed by atoms with Gasteiger partial charge in [0.1, 0.15) is 17.2 Å². The number of urea groups is 1. The predicted octanol–water partition coefficient (Wildman–Crippen LogP) is 2.49. The molecule has 0 unspecified atom stereocenters. The van der Waals surface area contributed by atoms with Crippen molar-refractivity contribution in [2.45, 2.75) is 45.8 Å². The van der Waals surface area contributed by atoms with Crippen molar-refractivity contribution in [1.82, 2.24) is 40.0 Å². The first-order valence-corrected chi connectivity index (χ1v) is 11.1. The van der Waals surface area contributed by atoms with Gasteiger partial charge in [0.25, 0.3) is 5.91 Å². The lowest BCUT2D eigenvalue weighted by molar-refractivity contribution is 0.102. The highest BCUT2D eigenvalue weighted by Gasteiger charge is 2.29. The van der Waals surface area contributed by atoms with Gasteiger partial charge in [0, 0.05) is 32.4 Å². The molecule has 5 heterocycles. The monoisotopic (exact) mass is 447 g/mol. The molecular weight excluding hydrogens is 422 g/mol. The molecule has 0 bridgehead atoms. The van der Waals surface area contributed by atoms with E-state index in [0.29, 0.717) is 30.4 Å². The Morgan fingerprint density at radius 2 is 1.85 bits per heavy atom. The van der Waals surface area contributed by atoms with E-state index in [1.165, 1.54) is 0 Å². The normalized spacial score (nSPS) is 15.2. The third-order valence-corrected chi connectivity index (χ3v) is 5.89. The van der Waals surface area contributed by atoms with Crippen molar-refractivity contribution in [3.05, 3.63) is 47.3 Å². The summed E-state index contributed by atoms with van der Waals surface area (Å²) in [6.07, 6.45) is 3.79. The highest BCUT2D eigenvalue weighted by molar-refractivity contribution is 6.02. The van der Waals surface area contributed by atoms with Gasteiger partial charge in [-0.15, -0.1) is 5.10 Å². The SMILES string of the molecule is CC(C)n1nnnc1-c1cccc(NC(=O)c2cc3c(cn2)CN(C(=O)N2CCCC2)C3)n1. The second-order valence-corrected chi connectivity index (χ2v) is 8.57.